The van der Waals surface area contributed by atoms with Gasteiger partial charge in [0, 0.05) is 0 Å². The quantitative estimate of drug-likeness (QED) is 0.450. The molecular formula is C22H39N2O2Zn. The van der Waals surface area contributed by atoms with Crippen LogP contribution in [0, 0.1) is 0 Å². The van der Waals surface area contributed by atoms with Gasteiger partial charge in [0.1, 0.15) is 0 Å². The van der Waals surface area contributed by atoms with Crippen LogP contribution in [0.1, 0.15) is 65.2 Å². The van der Waals surface area contributed by atoms with Gasteiger partial charge in [0.15, 0.2) is 0 Å². The number of benzene rings is 1. The standard InChI is InChI=1S/C22H39N2O2.Zn/c1-16(25)26-20-17(15-24(10)12-11-23(8)9)13-18(21(2,3)4)14-19(20)22(5,6)7;/h13-14,16H,11-12,15H2,1-10H3;/q-1;+1. The van der Waals surface area contributed by atoms with Crippen LogP contribution in [-0.4, -0.2) is 50.3 Å². The van der Waals surface area contributed by atoms with Gasteiger partial charge in [0.25, 0.3) is 0 Å². The summed E-state index contributed by atoms with van der Waals surface area (Å²) in [6.07, 6.45) is -0.225. The van der Waals surface area contributed by atoms with Crippen molar-refractivity contribution in [1.82, 2.24) is 9.80 Å². The molecule has 1 rings (SSSR count). The van der Waals surface area contributed by atoms with E-state index in [9.17, 15) is 0 Å². The van der Waals surface area contributed by atoms with Gasteiger partial charge in [-0.15, -0.1) is 0 Å². The molecule has 0 spiro atoms. The zero-order valence-electron chi connectivity index (χ0n) is 19.3. The average molecular weight is 429 g/mol. The molecule has 1 atom stereocenters. The molecule has 0 heterocycles. The van der Waals surface area contributed by atoms with Crippen molar-refractivity contribution in [1.29, 1.82) is 0 Å². The van der Waals surface area contributed by atoms with Gasteiger partial charge in [-0.1, -0.05) is 0 Å². The molecule has 0 aliphatic rings. The Morgan fingerprint density at radius 2 is 1.56 bits per heavy atom. The SMILES string of the molecule is CC([O][Zn])Oc1c(CN(C)CCN(C)C)cc(C(C)(C)C)cc1C(C)(C)C. The summed E-state index contributed by atoms with van der Waals surface area (Å²) in [6, 6.07) is 4.66. The second-order valence-electron chi connectivity index (χ2n) is 9.91. The number of hydrogen-bond acceptors (Lipinski definition) is 4. The van der Waals surface area contributed by atoms with E-state index < -0.39 is 0 Å². The number of likely N-dealkylation sites (N-methyl/N-ethyl adjacent to an activating group) is 2. The van der Waals surface area contributed by atoms with Crippen LogP contribution in [0.15, 0.2) is 12.1 Å². The van der Waals surface area contributed by atoms with Gasteiger partial charge in [0.2, 0.25) is 0 Å². The summed E-state index contributed by atoms with van der Waals surface area (Å²) in [5.74, 6) is 0.994. The first-order valence-electron chi connectivity index (χ1n) is 9.84. The maximum atomic E-state index is 6.32. The summed E-state index contributed by atoms with van der Waals surface area (Å²) in [6.45, 7) is 18.5. The molecule has 0 aliphatic carbocycles. The third-order valence-corrected chi connectivity index (χ3v) is 5.71. The molecule has 1 unspecified atom stereocenters. The van der Waals surface area contributed by atoms with Crippen molar-refractivity contribution < 1.29 is 27.0 Å². The first kappa shape index (κ1) is 24.6. The summed E-state index contributed by atoms with van der Waals surface area (Å²) in [5.41, 5.74) is 3.95. The second-order valence-corrected chi connectivity index (χ2v) is 10.6. The second kappa shape index (κ2) is 9.83. The zero-order chi connectivity index (χ0) is 21.0. The Bertz CT molecular complexity index is 604. The van der Waals surface area contributed by atoms with Gasteiger partial charge in [-0.25, -0.2) is 0 Å². The maximum absolute atomic E-state index is 6.32. The van der Waals surface area contributed by atoms with Crippen LogP contribution in [-0.2, 0) is 39.6 Å². The molecule has 0 radical (unpaired) electrons. The van der Waals surface area contributed by atoms with E-state index in [1.807, 2.05) is 6.92 Å². The minimum atomic E-state index is -0.225. The van der Waals surface area contributed by atoms with Gasteiger partial charge < -0.3 is 0 Å². The van der Waals surface area contributed by atoms with Gasteiger partial charge >= 0.3 is 178 Å². The fourth-order valence-corrected chi connectivity index (χ4v) is 3.02. The Morgan fingerprint density at radius 1 is 0.963 bits per heavy atom. The van der Waals surface area contributed by atoms with E-state index in [1.54, 1.807) is 0 Å². The molecule has 0 fully saturated rings. The normalized spacial score (nSPS) is 14.1. The van der Waals surface area contributed by atoms with E-state index in [0.717, 1.165) is 44.0 Å². The van der Waals surface area contributed by atoms with Crippen LogP contribution in [0.5, 0.6) is 5.75 Å². The van der Waals surface area contributed by atoms with Crippen molar-refractivity contribution in [2.75, 3.05) is 34.2 Å². The molecule has 0 bridgehead atoms. The monoisotopic (exact) mass is 427 g/mol. The first-order chi connectivity index (χ1) is 12.3. The average Bonchev–Trinajstić information content (AvgIpc) is 2.51. The van der Waals surface area contributed by atoms with Gasteiger partial charge in [-0.3, -0.25) is 0 Å². The molecular weight excluding hydrogens is 390 g/mol. The van der Waals surface area contributed by atoms with Gasteiger partial charge in [0.05, 0.1) is 0 Å². The Kier molecular flexibility index (Phi) is 8.94. The molecule has 0 aromatic heterocycles. The number of ether oxygens (including phenoxy) is 1. The van der Waals surface area contributed by atoms with Gasteiger partial charge in [-0.05, 0) is 0 Å². The fraction of sp³-hybridized carbons (Fsp3) is 0.727. The fourth-order valence-electron chi connectivity index (χ4n) is 2.88. The molecule has 27 heavy (non-hydrogen) atoms. The van der Waals surface area contributed by atoms with E-state index in [2.05, 4.69) is 84.6 Å². The molecule has 0 saturated carbocycles. The molecule has 0 saturated heterocycles. The molecule has 151 valence electrons. The van der Waals surface area contributed by atoms with Crippen molar-refractivity contribution >= 4 is 0 Å². The van der Waals surface area contributed by atoms with E-state index >= 15 is 0 Å². The van der Waals surface area contributed by atoms with Crippen LogP contribution < -0.4 is 4.74 Å². The predicted octanol–water partition coefficient (Wildman–Crippen LogP) is 4.48. The van der Waals surface area contributed by atoms with Crippen molar-refractivity contribution in [3.63, 3.8) is 0 Å². The van der Waals surface area contributed by atoms with Crippen molar-refractivity contribution in [3.8, 4) is 5.75 Å². The molecule has 0 N–H and O–H groups in total. The predicted molar refractivity (Wildman–Crippen MR) is 110 cm³/mol. The van der Waals surface area contributed by atoms with E-state index in [1.165, 1.54) is 16.7 Å². The zero-order valence-corrected chi connectivity index (χ0v) is 22.2. The molecule has 0 amide bonds. The Labute approximate surface area is 177 Å². The first-order valence-corrected chi connectivity index (χ1v) is 11.1. The summed E-state index contributed by atoms with van der Waals surface area (Å²) in [7, 11) is 6.41. The summed E-state index contributed by atoms with van der Waals surface area (Å²) in [5, 5.41) is 0. The number of rotatable bonds is 8. The Balaban J connectivity index is 3.44. The van der Waals surface area contributed by atoms with Crippen LogP contribution in [0.3, 0.4) is 0 Å². The van der Waals surface area contributed by atoms with E-state index in [-0.39, 0.29) is 17.1 Å². The van der Waals surface area contributed by atoms with Crippen LogP contribution >= 0.6 is 0 Å². The Hall–Kier alpha value is -0.477. The topological polar surface area (TPSA) is 24.9 Å². The number of nitrogens with zero attached hydrogens (tertiary/aromatic N) is 2. The van der Waals surface area contributed by atoms with E-state index in [0.29, 0.717) is 0 Å². The Morgan fingerprint density at radius 3 is 2.00 bits per heavy atom. The van der Waals surface area contributed by atoms with Gasteiger partial charge in [-0.2, -0.15) is 0 Å². The summed E-state index contributed by atoms with van der Waals surface area (Å²) in [4.78, 5) is 4.59. The number of hydrogen-bond donors (Lipinski definition) is 0. The van der Waals surface area contributed by atoms with Crippen molar-refractivity contribution in [3.05, 3.63) is 28.8 Å². The van der Waals surface area contributed by atoms with Crippen LogP contribution in [0.25, 0.3) is 0 Å². The van der Waals surface area contributed by atoms with E-state index in [4.69, 9.17) is 8.30 Å². The molecule has 0 aliphatic heterocycles. The molecule has 1 aromatic rings. The molecule has 1 aromatic carbocycles. The molecule has 5 heteroatoms. The van der Waals surface area contributed by atoms with Crippen molar-refractivity contribution in [2.24, 2.45) is 0 Å². The van der Waals surface area contributed by atoms with Crippen molar-refractivity contribution in [2.45, 2.75) is 72.1 Å². The van der Waals surface area contributed by atoms with Crippen LogP contribution in [0.2, 0.25) is 0 Å². The summed E-state index contributed by atoms with van der Waals surface area (Å²) < 4.78 is 11.9. The third-order valence-electron chi connectivity index (χ3n) is 4.73. The summed E-state index contributed by atoms with van der Waals surface area (Å²) >= 11 is 0.768. The third kappa shape index (κ3) is 7.81. The minimum absolute atomic E-state index is 0.00268. The van der Waals surface area contributed by atoms with Crippen LogP contribution in [0.4, 0.5) is 0 Å². The molecule has 4 nitrogen and oxygen atoms in total.